The molecule has 0 fully saturated rings. The van der Waals surface area contributed by atoms with Crippen molar-refractivity contribution in [2.24, 2.45) is 0 Å². The minimum absolute atomic E-state index is 0.0770. The van der Waals surface area contributed by atoms with Gasteiger partial charge in [-0.3, -0.25) is 0 Å². The summed E-state index contributed by atoms with van der Waals surface area (Å²) < 4.78 is 29.5. The smallest absolute Gasteiger partial charge is 0.270 e. The van der Waals surface area contributed by atoms with E-state index in [1.165, 1.54) is 43.4 Å². The van der Waals surface area contributed by atoms with Crippen molar-refractivity contribution in [3.8, 4) is 51.6 Å². The Hall–Kier alpha value is -8.16. The van der Waals surface area contributed by atoms with Gasteiger partial charge in [-0.1, -0.05) is 139 Å². The Morgan fingerprint density at radius 3 is 1.03 bits per heavy atom. The van der Waals surface area contributed by atoms with E-state index in [0.717, 1.165) is 101 Å². The van der Waals surface area contributed by atoms with Crippen LogP contribution in [0.4, 0.5) is 0 Å². The van der Waals surface area contributed by atoms with Crippen molar-refractivity contribution in [3.05, 3.63) is 181 Å². The molecule has 0 aliphatic carbocycles. The third kappa shape index (κ3) is 5.12. The highest BCUT2D eigenvalue weighted by Gasteiger charge is 2.50. The number of ether oxygens (including phenoxy) is 3. The molecule has 0 saturated carbocycles. The quantitative estimate of drug-likeness (QED) is 0.166. The highest BCUT2D eigenvalue weighted by atomic mass is 16.5. The van der Waals surface area contributed by atoms with Gasteiger partial charge in [0.2, 0.25) is 0 Å². The predicted molar refractivity (Wildman–Crippen MR) is 285 cm³/mol. The maximum absolute atomic E-state index is 7.64. The summed E-state index contributed by atoms with van der Waals surface area (Å²) in [5, 5.41) is 7.08. The molecular formula is C62H46BN3O3. The molecule has 330 valence electrons. The maximum atomic E-state index is 7.64. The molecule has 3 aromatic heterocycles. The molecule has 0 radical (unpaired) electrons. The van der Waals surface area contributed by atoms with Gasteiger partial charge in [0.25, 0.3) is 6.71 Å². The highest BCUT2D eigenvalue weighted by Crippen LogP contribution is 2.54. The average Bonchev–Trinajstić information content (AvgIpc) is 3.98. The summed E-state index contributed by atoms with van der Waals surface area (Å²) in [6, 6.07) is 62.0. The van der Waals surface area contributed by atoms with Crippen LogP contribution in [0, 0.1) is 0 Å². The fourth-order valence-electron chi connectivity index (χ4n) is 12.0. The fourth-order valence-corrected chi connectivity index (χ4v) is 12.0. The zero-order valence-corrected chi connectivity index (χ0v) is 39.3. The third-order valence-corrected chi connectivity index (χ3v) is 15.3. The molecule has 0 spiro atoms. The van der Waals surface area contributed by atoms with E-state index in [-0.39, 0.29) is 17.5 Å². The monoisotopic (exact) mass is 891 g/mol. The summed E-state index contributed by atoms with van der Waals surface area (Å²) in [4.78, 5) is 0. The average molecular weight is 892 g/mol. The molecule has 12 aromatic rings. The molecule has 0 amide bonds. The summed E-state index contributed by atoms with van der Waals surface area (Å²) in [5.41, 5.74) is 14.8. The van der Waals surface area contributed by atoms with E-state index in [9.17, 15) is 0 Å². The highest BCUT2D eigenvalue weighted by molar-refractivity contribution is 6.99. The Morgan fingerprint density at radius 1 is 0.319 bits per heavy atom. The number of aromatic nitrogens is 3. The molecule has 69 heavy (non-hydrogen) atoms. The van der Waals surface area contributed by atoms with Crippen molar-refractivity contribution < 1.29 is 14.2 Å². The second-order valence-corrected chi connectivity index (χ2v) is 21.2. The van der Waals surface area contributed by atoms with Crippen molar-refractivity contribution in [1.29, 1.82) is 0 Å². The lowest BCUT2D eigenvalue weighted by molar-refractivity contribution is 0.441. The first-order valence-electron chi connectivity index (χ1n) is 24.1. The van der Waals surface area contributed by atoms with Gasteiger partial charge in [0.1, 0.15) is 40.1 Å². The van der Waals surface area contributed by atoms with Crippen LogP contribution in [0.2, 0.25) is 0 Å². The van der Waals surface area contributed by atoms with Crippen LogP contribution in [0.15, 0.2) is 170 Å². The zero-order chi connectivity index (χ0) is 46.2. The molecule has 3 aliphatic heterocycles. The Morgan fingerprint density at radius 2 is 0.652 bits per heavy atom. The normalized spacial score (nSPS) is 13.7. The van der Waals surface area contributed by atoms with E-state index < -0.39 is 0 Å². The number of hydrogen-bond acceptors (Lipinski definition) is 3. The van der Waals surface area contributed by atoms with Gasteiger partial charge in [0.05, 0.1) is 33.1 Å². The first-order valence-corrected chi connectivity index (χ1v) is 24.1. The van der Waals surface area contributed by atoms with E-state index in [0.29, 0.717) is 0 Å². The van der Waals surface area contributed by atoms with Gasteiger partial charge < -0.3 is 27.9 Å². The first kappa shape index (κ1) is 38.9. The Kier molecular flexibility index (Phi) is 7.50. The van der Waals surface area contributed by atoms with Gasteiger partial charge in [0.15, 0.2) is 11.5 Å². The number of benzene rings is 9. The molecule has 3 aliphatic rings. The SMILES string of the molecule is CC(C)(C)c1ccc2c(c1)c1cc(C(C)(C)C)ccc1n2-c1c(-n2c3ccccc3c3ccccc32)c2c3c(c1-n1c4ccccc4c4ccccc41)Oc1cccc4c1B3c1c(cccc1O2)O4. The standard InChI is InChI=1S/C62H46BN3O3/c1-61(2,3)35-29-31-47-41(33-35)42-34-36(62(4,5)6)30-32-48(42)64(47)56-57(65-43-21-11-7-17-37(43)38-18-8-12-22-44(38)65)59-55-60(58(56)66-45-23-13-9-19-39(45)40-20-10-14-24-46(40)66)69-52-28-16-26-50-54(52)63(55)53-49(67-50)25-15-27-51(53)68-59/h7-34H,1-6H3. The molecule has 0 bridgehead atoms. The summed E-state index contributed by atoms with van der Waals surface area (Å²) in [6.45, 7) is 13.6. The second kappa shape index (κ2) is 13.3. The van der Waals surface area contributed by atoms with Gasteiger partial charge in [-0.05, 0) is 94.8 Å². The summed E-state index contributed by atoms with van der Waals surface area (Å²) >= 11 is 0. The Balaban J connectivity index is 1.25. The van der Waals surface area contributed by atoms with Crippen molar-refractivity contribution in [1.82, 2.24) is 13.7 Å². The lowest BCUT2D eigenvalue weighted by Crippen LogP contribution is -2.60. The number of para-hydroxylation sites is 4. The van der Waals surface area contributed by atoms with Crippen molar-refractivity contribution >= 4 is 88.5 Å². The molecule has 0 unspecified atom stereocenters. The van der Waals surface area contributed by atoms with Crippen LogP contribution in [0.25, 0.3) is 82.5 Å². The molecule has 6 heterocycles. The lowest BCUT2D eigenvalue weighted by Gasteiger charge is -2.40. The van der Waals surface area contributed by atoms with Crippen molar-refractivity contribution in [2.75, 3.05) is 0 Å². The van der Waals surface area contributed by atoms with E-state index in [4.69, 9.17) is 14.2 Å². The molecule has 0 N–H and O–H groups in total. The lowest BCUT2D eigenvalue weighted by atomic mass is 9.33. The molecule has 7 heteroatoms. The van der Waals surface area contributed by atoms with Gasteiger partial charge >= 0.3 is 0 Å². The Bertz CT molecular complexity index is 3900. The maximum Gasteiger partial charge on any atom is 0.270 e. The van der Waals surface area contributed by atoms with Crippen LogP contribution < -0.4 is 30.6 Å². The minimum atomic E-state index is -0.238. The predicted octanol–water partition coefficient (Wildman–Crippen LogP) is 14.4. The van der Waals surface area contributed by atoms with Crippen LogP contribution in [0.3, 0.4) is 0 Å². The van der Waals surface area contributed by atoms with Crippen LogP contribution in [-0.4, -0.2) is 20.4 Å². The van der Waals surface area contributed by atoms with Gasteiger partial charge in [0, 0.05) is 48.7 Å². The first-order chi connectivity index (χ1) is 33.5. The summed E-state index contributed by atoms with van der Waals surface area (Å²) in [5.74, 6) is 4.69. The van der Waals surface area contributed by atoms with E-state index in [2.05, 4.69) is 213 Å². The molecule has 9 aromatic carbocycles. The van der Waals surface area contributed by atoms with Gasteiger partial charge in [-0.2, -0.15) is 0 Å². The number of rotatable bonds is 3. The fraction of sp³-hybridized carbons (Fsp3) is 0.129. The molecule has 15 rings (SSSR count). The summed E-state index contributed by atoms with van der Waals surface area (Å²) in [6.07, 6.45) is 0. The molecular weight excluding hydrogens is 846 g/mol. The molecule has 0 saturated heterocycles. The van der Waals surface area contributed by atoms with Crippen LogP contribution in [0.5, 0.6) is 34.5 Å². The summed E-state index contributed by atoms with van der Waals surface area (Å²) in [7, 11) is 0. The van der Waals surface area contributed by atoms with Crippen molar-refractivity contribution in [3.63, 3.8) is 0 Å². The van der Waals surface area contributed by atoms with Crippen molar-refractivity contribution in [2.45, 2.75) is 52.4 Å². The third-order valence-electron chi connectivity index (χ3n) is 15.3. The number of hydrogen-bond donors (Lipinski definition) is 0. The van der Waals surface area contributed by atoms with E-state index >= 15 is 0 Å². The minimum Gasteiger partial charge on any atom is -0.458 e. The zero-order valence-electron chi connectivity index (χ0n) is 39.3. The molecule has 0 atom stereocenters. The Labute approximate surface area is 399 Å². The second-order valence-electron chi connectivity index (χ2n) is 21.2. The largest absolute Gasteiger partial charge is 0.458 e. The topological polar surface area (TPSA) is 42.5 Å². The van der Waals surface area contributed by atoms with Gasteiger partial charge in [-0.15, -0.1) is 0 Å². The number of fused-ring (bicyclic) bond motifs is 9. The van der Waals surface area contributed by atoms with Crippen LogP contribution >= 0.6 is 0 Å². The van der Waals surface area contributed by atoms with Gasteiger partial charge in [-0.25, -0.2) is 0 Å². The molecule has 6 nitrogen and oxygen atoms in total. The number of nitrogens with zero attached hydrogens (tertiary/aromatic N) is 3. The van der Waals surface area contributed by atoms with Crippen LogP contribution in [0.1, 0.15) is 52.7 Å². The van der Waals surface area contributed by atoms with E-state index in [1.54, 1.807) is 0 Å². The van der Waals surface area contributed by atoms with Crippen LogP contribution in [-0.2, 0) is 10.8 Å². The van der Waals surface area contributed by atoms with E-state index in [1.807, 2.05) is 12.1 Å².